The van der Waals surface area contributed by atoms with Crippen molar-refractivity contribution in [1.82, 2.24) is 14.6 Å². The number of nitrogens with zero attached hydrogens (tertiary/aromatic N) is 4. The summed E-state index contributed by atoms with van der Waals surface area (Å²) in [6, 6.07) is 0. The van der Waals surface area contributed by atoms with E-state index in [0.29, 0.717) is 0 Å². The fraction of sp³-hybridized carbons (Fsp3) is 0.429. The largest absolute Gasteiger partial charge is 0.319 e. The minimum absolute atomic E-state index is 0.376. The average molecular weight is 181 g/mol. The van der Waals surface area contributed by atoms with E-state index in [4.69, 9.17) is 10.6 Å². The van der Waals surface area contributed by atoms with Crippen LogP contribution in [0.25, 0.3) is 0 Å². The van der Waals surface area contributed by atoms with Gasteiger partial charge in [-0.1, -0.05) is 0 Å². The van der Waals surface area contributed by atoms with Crippen LogP contribution in [0, 0.1) is 0 Å². The Labute approximate surface area is 75.6 Å². The number of nitrogens with two attached hydrogens (primary N) is 1. The van der Waals surface area contributed by atoms with Crippen molar-refractivity contribution < 1.29 is 4.84 Å². The van der Waals surface area contributed by atoms with Crippen LogP contribution in [0.2, 0.25) is 0 Å². The van der Waals surface area contributed by atoms with E-state index in [1.807, 2.05) is 11.6 Å². The molecule has 0 aliphatic carbocycles. The van der Waals surface area contributed by atoms with Gasteiger partial charge in [0, 0.05) is 7.05 Å². The third kappa shape index (κ3) is 1.11. The van der Waals surface area contributed by atoms with Gasteiger partial charge in [-0.05, 0) is 0 Å². The zero-order valence-corrected chi connectivity index (χ0v) is 7.51. The molecule has 0 radical (unpaired) electrons. The Kier molecular flexibility index (Phi) is 1.78. The van der Waals surface area contributed by atoms with E-state index < -0.39 is 0 Å². The first-order valence-electron chi connectivity index (χ1n) is 3.87. The molecule has 1 unspecified atom stereocenters. The van der Waals surface area contributed by atoms with E-state index >= 15 is 0 Å². The Morgan fingerprint density at radius 2 is 2.38 bits per heavy atom. The molecular formula is C7H11N5O. The van der Waals surface area contributed by atoms with Gasteiger partial charge in [-0.3, -0.25) is 4.84 Å². The Balaban J connectivity index is 2.43. The Morgan fingerprint density at radius 1 is 1.62 bits per heavy atom. The van der Waals surface area contributed by atoms with Gasteiger partial charge < -0.3 is 10.3 Å². The van der Waals surface area contributed by atoms with E-state index in [9.17, 15) is 0 Å². The number of hydrogen-bond acceptors (Lipinski definition) is 5. The van der Waals surface area contributed by atoms with Crippen LogP contribution in [-0.2, 0) is 11.9 Å². The van der Waals surface area contributed by atoms with Crippen LogP contribution in [0.3, 0.4) is 0 Å². The molecule has 2 N–H and O–H groups in total. The molecule has 1 aromatic rings. The van der Waals surface area contributed by atoms with Crippen molar-refractivity contribution in [3.05, 3.63) is 12.0 Å². The SMILES string of the molecule is CON1C=Nc2c(ncn2C)C1N. The van der Waals surface area contributed by atoms with Gasteiger partial charge in [0.05, 0.1) is 13.4 Å². The summed E-state index contributed by atoms with van der Waals surface area (Å²) in [5, 5.41) is 1.45. The van der Waals surface area contributed by atoms with Crippen LogP contribution >= 0.6 is 0 Å². The average Bonchev–Trinajstić information content (AvgIpc) is 2.50. The van der Waals surface area contributed by atoms with Crippen LogP contribution in [0.5, 0.6) is 0 Å². The number of aliphatic imine (C=N–C) groups is 1. The number of imidazole rings is 1. The van der Waals surface area contributed by atoms with Crippen molar-refractivity contribution >= 4 is 12.2 Å². The van der Waals surface area contributed by atoms with Gasteiger partial charge in [-0.15, -0.1) is 0 Å². The first-order chi connectivity index (χ1) is 6.24. The van der Waals surface area contributed by atoms with E-state index in [1.165, 1.54) is 5.06 Å². The normalized spacial score (nSPS) is 20.5. The van der Waals surface area contributed by atoms with Crippen LogP contribution in [-0.4, -0.2) is 28.1 Å². The molecule has 2 rings (SSSR count). The maximum absolute atomic E-state index is 5.85. The highest BCUT2D eigenvalue weighted by Crippen LogP contribution is 2.27. The molecule has 1 atom stereocenters. The molecule has 0 amide bonds. The predicted octanol–water partition coefficient (Wildman–Crippen LogP) is -0.0858. The molecule has 70 valence electrons. The van der Waals surface area contributed by atoms with Gasteiger partial charge in [0.25, 0.3) is 0 Å². The summed E-state index contributed by atoms with van der Waals surface area (Å²) < 4.78 is 1.82. The lowest BCUT2D eigenvalue weighted by atomic mass is 10.3. The molecule has 0 aromatic carbocycles. The summed E-state index contributed by atoms with van der Waals surface area (Å²) in [6.45, 7) is 0. The summed E-state index contributed by atoms with van der Waals surface area (Å²) in [7, 11) is 3.41. The lowest BCUT2D eigenvalue weighted by Crippen LogP contribution is -2.34. The molecular weight excluding hydrogens is 170 g/mol. The van der Waals surface area contributed by atoms with Gasteiger partial charge in [0.1, 0.15) is 12.0 Å². The highest BCUT2D eigenvalue weighted by Gasteiger charge is 2.24. The second-order valence-corrected chi connectivity index (χ2v) is 2.80. The maximum atomic E-state index is 5.85. The van der Waals surface area contributed by atoms with Crippen molar-refractivity contribution in [3.63, 3.8) is 0 Å². The number of fused-ring (bicyclic) bond motifs is 1. The van der Waals surface area contributed by atoms with Gasteiger partial charge in [-0.2, -0.15) is 0 Å². The molecule has 6 heteroatoms. The van der Waals surface area contributed by atoms with Crippen LogP contribution in [0.4, 0.5) is 5.82 Å². The summed E-state index contributed by atoms with van der Waals surface area (Å²) in [5.41, 5.74) is 6.58. The highest BCUT2D eigenvalue weighted by molar-refractivity contribution is 5.64. The van der Waals surface area contributed by atoms with Crippen molar-refractivity contribution in [2.45, 2.75) is 6.17 Å². The van der Waals surface area contributed by atoms with Crippen molar-refractivity contribution in [3.8, 4) is 0 Å². The first kappa shape index (κ1) is 8.21. The zero-order valence-electron chi connectivity index (χ0n) is 7.51. The molecule has 1 aromatic heterocycles. The second kappa shape index (κ2) is 2.82. The standard InChI is InChI=1S/C7H11N5O/c1-11-3-9-5-6(8)12(13-2)4-10-7(5)11/h3-4,6H,8H2,1-2H3. The molecule has 1 aliphatic heterocycles. The van der Waals surface area contributed by atoms with Crippen LogP contribution < -0.4 is 5.73 Å². The second-order valence-electron chi connectivity index (χ2n) is 2.80. The molecule has 2 heterocycles. The van der Waals surface area contributed by atoms with E-state index in [1.54, 1.807) is 19.8 Å². The highest BCUT2D eigenvalue weighted by atomic mass is 16.7. The van der Waals surface area contributed by atoms with Gasteiger partial charge in [0.2, 0.25) is 0 Å². The predicted molar refractivity (Wildman–Crippen MR) is 47.1 cm³/mol. The molecule has 6 nitrogen and oxygen atoms in total. The molecule has 0 bridgehead atoms. The van der Waals surface area contributed by atoms with Crippen molar-refractivity contribution in [1.29, 1.82) is 0 Å². The van der Waals surface area contributed by atoms with E-state index in [-0.39, 0.29) is 6.17 Å². The number of rotatable bonds is 1. The maximum Gasteiger partial charge on any atom is 0.160 e. The summed E-state index contributed by atoms with van der Waals surface area (Å²) >= 11 is 0. The van der Waals surface area contributed by atoms with Crippen molar-refractivity contribution in [2.24, 2.45) is 17.8 Å². The van der Waals surface area contributed by atoms with Crippen LogP contribution in [0.1, 0.15) is 11.9 Å². The molecule has 13 heavy (non-hydrogen) atoms. The summed E-state index contributed by atoms with van der Waals surface area (Å²) in [6.07, 6.45) is 2.86. The lowest BCUT2D eigenvalue weighted by molar-refractivity contribution is -0.0942. The van der Waals surface area contributed by atoms with Crippen molar-refractivity contribution in [2.75, 3.05) is 7.11 Å². The fourth-order valence-electron chi connectivity index (χ4n) is 1.27. The lowest BCUT2D eigenvalue weighted by Gasteiger charge is -2.25. The number of aromatic nitrogens is 2. The van der Waals surface area contributed by atoms with Gasteiger partial charge in [-0.25, -0.2) is 15.0 Å². The summed E-state index contributed by atoms with van der Waals surface area (Å²) in [4.78, 5) is 13.3. The smallest absolute Gasteiger partial charge is 0.160 e. The molecule has 0 fully saturated rings. The number of hydroxylamine groups is 2. The minimum Gasteiger partial charge on any atom is -0.319 e. The molecule has 0 spiro atoms. The Hall–Kier alpha value is -1.40. The van der Waals surface area contributed by atoms with Gasteiger partial charge >= 0.3 is 0 Å². The topological polar surface area (TPSA) is 68.7 Å². The first-order valence-corrected chi connectivity index (χ1v) is 3.87. The minimum atomic E-state index is -0.376. The molecule has 0 saturated heterocycles. The number of hydrogen-bond donors (Lipinski definition) is 1. The van der Waals surface area contributed by atoms with Gasteiger partial charge in [0.15, 0.2) is 12.0 Å². The van der Waals surface area contributed by atoms with E-state index in [0.717, 1.165) is 11.5 Å². The quantitative estimate of drug-likeness (QED) is 0.657. The Bertz CT molecular complexity index is 345. The third-order valence-electron chi connectivity index (χ3n) is 1.99. The molecule has 0 saturated carbocycles. The summed E-state index contributed by atoms with van der Waals surface area (Å²) in [5.74, 6) is 0.779. The fourth-order valence-corrected chi connectivity index (χ4v) is 1.27. The Morgan fingerprint density at radius 3 is 3.08 bits per heavy atom. The van der Waals surface area contributed by atoms with Crippen LogP contribution in [0.15, 0.2) is 11.3 Å². The third-order valence-corrected chi connectivity index (χ3v) is 1.99. The monoisotopic (exact) mass is 181 g/mol. The molecule has 1 aliphatic rings. The van der Waals surface area contributed by atoms with E-state index in [2.05, 4.69) is 9.98 Å². The number of aryl methyl sites for hydroxylation is 1. The zero-order chi connectivity index (χ0) is 9.42.